The number of carbonyl (C=O) groups excluding carboxylic acids is 3. The minimum atomic E-state index is -0.674. The first-order chi connectivity index (χ1) is 13.9. The topological polar surface area (TPSA) is 108 Å². The van der Waals surface area contributed by atoms with Crippen LogP contribution < -0.4 is 10.6 Å². The molecule has 1 aliphatic carbocycles. The number of nitrogens with one attached hydrogen (secondary N) is 2. The lowest BCUT2D eigenvalue weighted by atomic mass is 9.89. The Balaban J connectivity index is 1.61. The summed E-state index contributed by atoms with van der Waals surface area (Å²) in [5.74, 6) is -0.867. The van der Waals surface area contributed by atoms with Gasteiger partial charge in [0.15, 0.2) is 6.61 Å². The second-order valence-electron chi connectivity index (χ2n) is 7.05. The van der Waals surface area contributed by atoms with E-state index in [2.05, 4.69) is 23.6 Å². The number of amides is 2. The van der Waals surface area contributed by atoms with E-state index < -0.39 is 18.5 Å². The van der Waals surface area contributed by atoms with Crippen LogP contribution in [-0.2, 0) is 27.2 Å². The maximum absolute atomic E-state index is 12.3. The van der Waals surface area contributed by atoms with E-state index in [0.29, 0.717) is 22.2 Å². The Morgan fingerprint density at radius 2 is 2.10 bits per heavy atom. The molecule has 1 aliphatic rings. The van der Waals surface area contributed by atoms with Crippen molar-refractivity contribution in [2.45, 2.75) is 33.1 Å². The van der Waals surface area contributed by atoms with Gasteiger partial charge in [-0.1, -0.05) is 13.0 Å². The number of ether oxygens (including phenoxy) is 1. The van der Waals surface area contributed by atoms with E-state index in [1.807, 2.05) is 0 Å². The highest BCUT2D eigenvalue weighted by Gasteiger charge is 2.24. The fourth-order valence-corrected chi connectivity index (χ4v) is 4.64. The van der Waals surface area contributed by atoms with Gasteiger partial charge in [-0.25, -0.2) is 4.79 Å². The van der Waals surface area contributed by atoms with Crippen molar-refractivity contribution in [2.75, 3.05) is 17.2 Å². The molecule has 0 aliphatic heterocycles. The van der Waals surface area contributed by atoms with Gasteiger partial charge in [0.1, 0.15) is 11.1 Å². The molecule has 1 atom stereocenters. The fraction of sp³-hybridized carbons (Fsp3) is 0.333. The van der Waals surface area contributed by atoms with E-state index in [0.717, 1.165) is 29.7 Å². The Hall–Kier alpha value is -3.18. The maximum Gasteiger partial charge on any atom is 0.338 e. The quantitative estimate of drug-likeness (QED) is 0.732. The molecule has 0 radical (unpaired) electrons. The molecular formula is C21H21N3O4S. The van der Waals surface area contributed by atoms with Crippen molar-refractivity contribution in [1.82, 2.24) is 0 Å². The summed E-state index contributed by atoms with van der Waals surface area (Å²) in [7, 11) is 0. The first kappa shape index (κ1) is 20.6. The molecule has 7 nitrogen and oxygen atoms in total. The zero-order valence-electron chi connectivity index (χ0n) is 16.2. The summed E-state index contributed by atoms with van der Waals surface area (Å²) in [6, 6.07) is 8.46. The summed E-state index contributed by atoms with van der Waals surface area (Å²) in [6.07, 6.45) is 2.77. The largest absolute Gasteiger partial charge is 0.452 e. The number of hydrogen-bond acceptors (Lipinski definition) is 6. The second kappa shape index (κ2) is 8.88. The van der Waals surface area contributed by atoms with Crippen LogP contribution >= 0.6 is 11.3 Å². The molecule has 0 unspecified atom stereocenters. The molecule has 0 saturated heterocycles. The van der Waals surface area contributed by atoms with E-state index in [1.165, 1.54) is 30.4 Å². The highest BCUT2D eigenvalue weighted by Crippen LogP contribution is 2.39. The third kappa shape index (κ3) is 5.00. The number of carbonyl (C=O) groups is 3. The molecule has 1 aromatic heterocycles. The number of anilines is 2. The molecule has 8 heteroatoms. The van der Waals surface area contributed by atoms with Crippen molar-refractivity contribution in [3.8, 4) is 6.07 Å². The zero-order chi connectivity index (χ0) is 21.0. The molecule has 0 spiro atoms. The number of thiophene rings is 1. The molecular weight excluding hydrogens is 390 g/mol. The third-order valence-corrected chi connectivity index (χ3v) is 5.80. The lowest BCUT2D eigenvalue weighted by Crippen LogP contribution is -2.21. The van der Waals surface area contributed by atoms with Crippen LogP contribution in [0, 0.1) is 17.2 Å². The summed E-state index contributed by atoms with van der Waals surface area (Å²) in [6.45, 7) is 3.08. The minimum Gasteiger partial charge on any atom is -0.452 e. The molecule has 1 heterocycles. The van der Waals surface area contributed by atoms with Crippen molar-refractivity contribution in [3.63, 3.8) is 0 Å². The van der Waals surface area contributed by atoms with Crippen LogP contribution in [0.5, 0.6) is 0 Å². The Labute approximate surface area is 172 Å². The summed E-state index contributed by atoms with van der Waals surface area (Å²) in [4.78, 5) is 36.7. The molecule has 0 saturated carbocycles. The normalized spacial score (nSPS) is 15.0. The summed E-state index contributed by atoms with van der Waals surface area (Å²) in [5.41, 5.74) is 2.23. The van der Waals surface area contributed by atoms with E-state index >= 15 is 0 Å². The number of esters is 1. The van der Waals surface area contributed by atoms with Crippen LogP contribution in [0.3, 0.4) is 0 Å². The molecule has 150 valence electrons. The first-order valence-corrected chi connectivity index (χ1v) is 10.1. The van der Waals surface area contributed by atoms with E-state index in [-0.39, 0.29) is 11.5 Å². The Kier molecular flexibility index (Phi) is 6.29. The van der Waals surface area contributed by atoms with E-state index in [4.69, 9.17) is 4.74 Å². The highest BCUT2D eigenvalue weighted by molar-refractivity contribution is 7.16. The van der Waals surface area contributed by atoms with E-state index in [9.17, 15) is 19.6 Å². The average Bonchev–Trinajstić information content (AvgIpc) is 3.01. The molecule has 1 aromatic carbocycles. The van der Waals surface area contributed by atoms with Gasteiger partial charge in [-0.05, 0) is 48.9 Å². The molecule has 0 fully saturated rings. The van der Waals surface area contributed by atoms with Crippen LogP contribution in [0.2, 0.25) is 0 Å². The van der Waals surface area contributed by atoms with Crippen LogP contribution in [0.4, 0.5) is 10.7 Å². The average molecular weight is 411 g/mol. The van der Waals surface area contributed by atoms with Crippen LogP contribution in [0.1, 0.15) is 46.6 Å². The Morgan fingerprint density at radius 3 is 2.83 bits per heavy atom. The van der Waals surface area contributed by atoms with Gasteiger partial charge in [0.25, 0.3) is 5.91 Å². The molecule has 3 rings (SSSR count). The zero-order valence-corrected chi connectivity index (χ0v) is 17.0. The van der Waals surface area contributed by atoms with Gasteiger partial charge in [-0.15, -0.1) is 11.3 Å². The Morgan fingerprint density at radius 1 is 1.31 bits per heavy atom. The lowest BCUT2D eigenvalue weighted by molar-refractivity contribution is -0.119. The maximum atomic E-state index is 12.3. The summed E-state index contributed by atoms with van der Waals surface area (Å²) >= 11 is 1.42. The number of benzene rings is 1. The second-order valence-corrected chi connectivity index (χ2v) is 8.16. The molecule has 2 aromatic rings. The number of nitrogens with zero attached hydrogens (tertiary/aromatic N) is 1. The van der Waals surface area contributed by atoms with Crippen LogP contribution in [0.25, 0.3) is 0 Å². The SMILES string of the molecule is CC(=O)Nc1cccc(C(=O)OCC(=O)Nc2sc3c(c2C#N)CC[C@@H](C)C3)c1. The molecule has 0 bridgehead atoms. The van der Waals surface area contributed by atoms with Crippen molar-refractivity contribution >= 4 is 39.8 Å². The van der Waals surface area contributed by atoms with E-state index in [1.54, 1.807) is 12.1 Å². The summed E-state index contributed by atoms with van der Waals surface area (Å²) < 4.78 is 5.07. The standard InChI is InChI=1S/C21H21N3O4S/c1-12-6-7-16-17(10-22)20(29-18(16)8-12)24-19(26)11-28-21(27)14-4-3-5-15(9-14)23-13(2)25/h3-5,9,12H,6-8,11H2,1-2H3,(H,23,25)(H,24,26)/t12-/m1/s1. The van der Waals surface area contributed by atoms with Crippen molar-refractivity contribution in [1.29, 1.82) is 5.26 Å². The smallest absolute Gasteiger partial charge is 0.338 e. The molecule has 2 N–H and O–H groups in total. The summed E-state index contributed by atoms with van der Waals surface area (Å²) in [5, 5.41) is 15.3. The molecule has 2 amide bonds. The van der Waals surface area contributed by atoms with Crippen LogP contribution in [-0.4, -0.2) is 24.4 Å². The van der Waals surface area contributed by atoms with Gasteiger partial charge >= 0.3 is 5.97 Å². The van der Waals surface area contributed by atoms with Crippen LogP contribution in [0.15, 0.2) is 24.3 Å². The number of fused-ring (bicyclic) bond motifs is 1. The van der Waals surface area contributed by atoms with Crippen molar-refractivity contribution in [2.24, 2.45) is 5.92 Å². The van der Waals surface area contributed by atoms with Crippen molar-refractivity contribution < 1.29 is 19.1 Å². The predicted octanol–water partition coefficient (Wildman–Crippen LogP) is 3.50. The third-order valence-electron chi connectivity index (χ3n) is 4.63. The first-order valence-electron chi connectivity index (χ1n) is 9.26. The highest BCUT2D eigenvalue weighted by atomic mass is 32.1. The molecule has 29 heavy (non-hydrogen) atoms. The van der Waals surface area contributed by atoms with Gasteiger partial charge in [0, 0.05) is 17.5 Å². The number of nitriles is 1. The van der Waals surface area contributed by atoms with Crippen molar-refractivity contribution in [3.05, 3.63) is 45.8 Å². The van der Waals surface area contributed by atoms with Gasteiger partial charge in [0.05, 0.1) is 11.1 Å². The number of rotatable bonds is 5. The monoisotopic (exact) mass is 411 g/mol. The van der Waals surface area contributed by atoms with Gasteiger partial charge in [-0.3, -0.25) is 9.59 Å². The van der Waals surface area contributed by atoms with Gasteiger partial charge in [-0.2, -0.15) is 5.26 Å². The number of hydrogen-bond donors (Lipinski definition) is 2. The van der Waals surface area contributed by atoms with Gasteiger partial charge in [0.2, 0.25) is 5.91 Å². The predicted molar refractivity (Wildman–Crippen MR) is 110 cm³/mol. The lowest BCUT2D eigenvalue weighted by Gasteiger charge is -2.17. The Bertz CT molecular complexity index is 1010. The fourth-order valence-electron chi connectivity index (χ4n) is 3.26. The van der Waals surface area contributed by atoms with Gasteiger partial charge < -0.3 is 15.4 Å². The minimum absolute atomic E-state index is 0.224.